The van der Waals surface area contributed by atoms with Crippen molar-refractivity contribution in [1.82, 2.24) is 9.78 Å². The predicted molar refractivity (Wildman–Crippen MR) is 106 cm³/mol. The third-order valence-electron chi connectivity index (χ3n) is 3.99. The van der Waals surface area contributed by atoms with E-state index in [4.69, 9.17) is 13.6 Å². The second kappa shape index (κ2) is 7.40. The molecule has 1 heterocycles. The zero-order chi connectivity index (χ0) is 21.4. The molecule has 0 saturated carbocycles. The van der Waals surface area contributed by atoms with Crippen LogP contribution in [0.15, 0.2) is 71.3 Å². The smallest absolute Gasteiger partial charge is 0.167 e. The molecule has 6 heteroatoms. The Labute approximate surface area is 168 Å². The molecule has 0 aliphatic heterocycles. The highest BCUT2D eigenvalue weighted by molar-refractivity contribution is 9.10. The van der Waals surface area contributed by atoms with Crippen LogP contribution in [-0.4, -0.2) is 16.9 Å². The van der Waals surface area contributed by atoms with E-state index in [1.54, 1.807) is 6.07 Å². The summed E-state index contributed by atoms with van der Waals surface area (Å²) in [6, 6.07) is 13.6. The molecule has 3 aromatic carbocycles. The molecule has 0 N–H and O–H groups in total. The van der Waals surface area contributed by atoms with Gasteiger partial charge in [0.15, 0.2) is 11.6 Å². The molecule has 27 heavy (non-hydrogen) atoms. The van der Waals surface area contributed by atoms with E-state index in [0.717, 1.165) is 5.56 Å². The van der Waals surface area contributed by atoms with Crippen molar-refractivity contribution in [3.63, 3.8) is 0 Å². The summed E-state index contributed by atoms with van der Waals surface area (Å²) in [5.74, 6) is -0.462. The molecular weight excluding hydrogens is 411 g/mol. The Morgan fingerprint density at radius 3 is 2.74 bits per heavy atom. The fraction of sp³-hybridized carbons (Fsp3) is 0.0952. The predicted octanol–water partition coefficient (Wildman–Crippen LogP) is 5.51. The van der Waals surface area contributed by atoms with Crippen molar-refractivity contribution in [2.24, 2.45) is 0 Å². The highest BCUT2D eigenvalue weighted by Gasteiger charge is 2.12. The van der Waals surface area contributed by atoms with E-state index in [-0.39, 0.29) is 47.3 Å². The first-order valence-electron chi connectivity index (χ1n) is 9.61. The summed E-state index contributed by atoms with van der Waals surface area (Å²) < 4.78 is 51.8. The van der Waals surface area contributed by atoms with Gasteiger partial charge in [-0.3, -0.25) is 0 Å². The summed E-state index contributed by atoms with van der Waals surface area (Å²) in [5.41, 5.74) is 1.49. The molecule has 0 amide bonds. The number of benzene rings is 3. The lowest BCUT2D eigenvalue weighted by Gasteiger charge is -2.10. The molecule has 1 aromatic heterocycles. The highest BCUT2D eigenvalue weighted by Crippen LogP contribution is 2.31. The number of hydrogen-bond acceptors (Lipinski definition) is 3. The molecule has 0 spiro atoms. The van der Waals surface area contributed by atoms with E-state index in [1.165, 1.54) is 23.9 Å². The molecule has 136 valence electrons. The Balaban J connectivity index is 1.76. The molecule has 4 aromatic rings. The molecule has 0 radical (unpaired) electrons. The van der Waals surface area contributed by atoms with Gasteiger partial charge >= 0.3 is 0 Å². The van der Waals surface area contributed by atoms with Gasteiger partial charge in [-0.15, -0.1) is 0 Å². The van der Waals surface area contributed by atoms with Crippen molar-refractivity contribution in [3.8, 4) is 17.2 Å². The molecule has 0 bridgehead atoms. The molecule has 0 saturated heterocycles. The van der Waals surface area contributed by atoms with Crippen LogP contribution in [0.5, 0.6) is 11.5 Å². The number of ether oxygens (including phenoxy) is 2. The normalized spacial score (nSPS) is 12.5. The fourth-order valence-corrected chi connectivity index (χ4v) is 3.10. The maximum absolute atomic E-state index is 14.7. The first-order valence-corrected chi connectivity index (χ1v) is 8.90. The third-order valence-corrected chi connectivity index (χ3v) is 4.58. The van der Waals surface area contributed by atoms with Crippen LogP contribution in [-0.2, 0) is 6.61 Å². The molecule has 0 unspecified atom stereocenters. The second-order valence-corrected chi connectivity index (χ2v) is 6.53. The van der Waals surface area contributed by atoms with Gasteiger partial charge < -0.3 is 9.47 Å². The van der Waals surface area contributed by atoms with Gasteiger partial charge in [-0.25, -0.2) is 9.07 Å². The van der Waals surface area contributed by atoms with Crippen LogP contribution in [0.1, 0.15) is 9.68 Å². The van der Waals surface area contributed by atoms with Crippen molar-refractivity contribution in [2.45, 2.75) is 6.61 Å². The molecule has 4 nitrogen and oxygen atoms in total. The quantitative estimate of drug-likeness (QED) is 0.419. The Kier molecular flexibility index (Phi) is 3.90. The summed E-state index contributed by atoms with van der Waals surface area (Å²) in [7, 11) is 1.37. The monoisotopic (exact) mass is 429 g/mol. The van der Waals surface area contributed by atoms with Gasteiger partial charge in [0, 0.05) is 22.0 Å². The van der Waals surface area contributed by atoms with E-state index >= 15 is 0 Å². The fourth-order valence-electron chi connectivity index (χ4n) is 2.64. The van der Waals surface area contributed by atoms with E-state index in [2.05, 4.69) is 21.0 Å². The largest absolute Gasteiger partial charge is 0.497 e. The topological polar surface area (TPSA) is 36.3 Å². The third kappa shape index (κ3) is 3.53. The molecule has 0 aliphatic carbocycles. The number of halogens is 2. The summed E-state index contributed by atoms with van der Waals surface area (Å²) in [6.07, 6.45) is -0.133. The van der Waals surface area contributed by atoms with Crippen LogP contribution in [0.25, 0.3) is 16.6 Å². The van der Waals surface area contributed by atoms with Crippen molar-refractivity contribution in [2.75, 3.05) is 7.11 Å². The Morgan fingerprint density at radius 1 is 1.19 bits per heavy atom. The van der Waals surface area contributed by atoms with Crippen LogP contribution in [0.3, 0.4) is 0 Å². The number of rotatable bonds is 5. The maximum Gasteiger partial charge on any atom is 0.167 e. The van der Waals surface area contributed by atoms with Gasteiger partial charge in [0.2, 0.25) is 0 Å². The lowest BCUT2D eigenvalue weighted by Crippen LogP contribution is -2.00. The van der Waals surface area contributed by atoms with E-state index in [1.807, 2.05) is 30.3 Å². The highest BCUT2D eigenvalue weighted by atomic mass is 79.9. The van der Waals surface area contributed by atoms with Gasteiger partial charge in [0.1, 0.15) is 12.4 Å². The van der Waals surface area contributed by atoms with Gasteiger partial charge in [-0.1, -0.05) is 30.3 Å². The minimum absolute atomic E-state index is 0.0406. The Bertz CT molecular complexity index is 1250. The molecular formula is C21H16BrFN2O2. The van der Waals surface area contributed by atoms with Gasteiger partial charge in [-0.05, 0) is 39.7 Å². The zero-order valence-electron chi connectivity index (χ0n) is 17.3. The molecule has 4 rings (SSSR count). The van der Waals surface area contributed by atoms with Crippen LogP contribution >= 0.6 is 15.9 Å². The molecule has 0 fully saturated rings. The van der Waals surface area contributed by atoms with Gasteiger partial charge in [-0.2, -0.15) is 5.10 Å². The van der Waals surface area contributed by atoms with Crippen LogP contribution in [0, 0.1) is 5.82 Å². The number of nitrogens with zero attached hydrogens (tertiary/aromatic N) is 2. The lowest BCUT2D eigenvalue weighted by molar-refractivity contribution is 0.290. The second-order valence-electron chi connectivity index (χ2n) is 5.73. The van der Waals surface area contributed by atoms with Crippen LogP contribution in [0.2, 0.25) is 0 Å². The minimum Gasteiger partial charge on any atom is -0.497 e. The molecule has 0 aliphatic rings. The van der Waals surface area contributed by atoms with E-state index < -0.39 is 5.82 Å². The maximum atomic E-state index is 14.7. The number of methoxy groups -OCH3 is 1. The first-order chi connectivity index (χ1) is 14.4. The van der Waals surface area contributed by atoms with Gasteiger partial charge in [0.05, 0.1) is 28.6 Å². The van der Waals surface area contributed by atoms with Crippen LogP contribution < -0.4 is 9.47 Å². The lowest BCUT2D eigenvalue weighted by atomic mass is 10.2. The number of hydrogen-bond donors (Lipinski definition) is 0. The summed E-state index contributed by atoms with van der Waals surface area (Å²) in [6.45, 7) is 0.228. The molecule has 0 atom stereocenters. The van der Waals surface area contributed by atoms with Crippen molar-refractivity contribution in [3.05, 3.63) is 82.6 Å². The Morgan fingerprint density at radius 2 is 2.00 bits per heavy atom. The van der Waals surface area contributed by atoms with Crippen molar-refractivity contribution in [1.29, 1.82) is 0 Å². The summed E-state index contributed by atoms with van der Waals surface area (Å²) in [4.78, 5) is 0. The number of fused-ring (bicyclic) bond motifs is 1. The Hall–Kier alpha value is -2.86. The zero-order valence-corrected chi connectivity index (χ0v) is 15.9. The first kappa shape index (κ1) is 14.2. The summed E-state index contributed by atoms with van der Waals surface area (Å²) in [5, 5.41) is 4.44. The van der Waals surface area contributed by atoms with E-state index in [0.29, 0.717) is 10.2 Å². The standard InChI is InChI=1S/C21H16BrFN2O2/c1-26-16-10-18(22)17-12-24-25(20(17)11-16)15-7-8-21(19(23)9-15)27-13-14-5-3-2-4-6-14/h2-12H,13H2,1H3/i10D,11D,12D. The SMILES string of the molecule is [2H]c1c(OC)c([2H])c2c(c([2H])nn2-c2ccc(OCc3ccccc3)c(F)c2)c1Br. The van der Waals surface area contributed by atoms with Crippen molar-refractivity contribution >= 4 is 26.8 Å². The summed E-state index contributed by atoms with van der Waals surface area (Å²) >= 11 is 3.29. The van der Waals surface area contributed by atoms with Gasteiger partial charge in [0.25, 0.3) is 0 Å². The van der Waals surface area contributed by atoms with E-state index in [9.17, 15) is 4.39 Å². The van der Waals surface area contributed by atoms with Crippen molar-refractivity contribution < 1.29 is 18.0 Å². The number of aromatic nitrogens is 2. The minimum atomic E-state index is -0.590. The average Bonchev–Trinajstić information content (AvgIpc) is 3.10. The average molecular weight is 430 g/mol. The van der Waals surface area contributed by atoms with Crippen LogP contribution in [0.4, 0.5) is 4.39 Å².